The molecule has 0 spiro atoms. The van der Waals surface area contributed by atoms with E-state index >= 15 is 0 Å². The highest BCUT2D eigenvalue weighted by atomic mass is 16.6. The third-order valence-corrected chi connectivity index (χ3v) is 3.71. The Hall–Kier alpha value is -2.33. The molecule has 1 atom stereocenters. The number of ether oxygens (including phenoxy) is 3. The SMILES string of the molecule is CC(C)COC(C(=O)OCc1cccc(Oc2ccccc2)c1)C(C)C. The monoisotopic (exact) mass is 356 g/mol. The molecule has 0 N–H and O–H groups in total. The van der Waals surface area contributed by atoms with Crippen molar-refractivity contribution in [3.63, 3.8) is 0 Å². The Labute approximate surface area is 156 Å². The Kier molecular flexibility index (Phi) is 7.67. The van der Waals surface area contributed by atoms with Crippen LogP contribution in [0.3, 0.4) is 0 Å². The number of hydrogen-bond acceptors (Lipinski definition) is 4. The molecule has 0 aliphatic heterocycles. The van der Waals surface area contributed by atoms with Gasteiger partial charge in [0, 0.05) is 0 Å². The van der Waals surface area contributed by atoms with Crippen LogP contribution >= 0.6 is 0 Å². The number of carbonyl (C=O) groups excluding carboxylic acids is 1. The van der Waals surface area contributed by atoms with Gasteiger partial charge in [0.05, 0.1) is 6.61 Å². The molecule has 0 saturated carbocycles. The van der Waals surface area contributed by atoms with Crippen LogP contribution < -0.4 is 4.74 Å². The summed E-state index contributed by atoms with van der Waals surface area (Å²) in [4.78, 5) is 12.4. The van der Waals surface area contributed by atoms with Crippen LogP contribution in [-0.4, -0.2) is 18.7 Å². The van der Waals surface area contributed by atoms with Crippen LogP contribution in [0.1, 0.15) is 33.3 Å². The van der Waals surface area contributed by atoms with Gasteiger partial charge in [-0.3, -0.25) is 0 Å². The van der Waals surface area contributed by atoms with E-state index in [2.05, 4.69) is 13.8 Å². The van der Waals surface area contributed by atoms with Gasteiger partial charge in [-0.05, 0) is 41.7 Å². The zero-order chi connectivity index (χ0) is 18.9. The molecule has 0 aliphatic rings. The van der Waals surface area contributed by atoms with E-state index in [0.29, 0.717) is 18.3 Å². The van der Waals surface area contributed by atoms with Crippen molar-refractivity contribution in [3.8, 4) is 11.5 Å². The summed E-state index contributed by atoms with van der Waals surface area (Å²) >= 11 is 0. The van der Waals surface area contributed by atoms with Gasteiger partial charge in [-0.1, -0.05) is 58.0 Å². The highest BCUT2D eigenvalue weighted by Gasteiger charge is 2.25. The predicted molar refractivity (Wildman–Crippen MR) is 102 cm³/mol. The molecule has 2 aromatic rings. The number of benzene rings is 2. The van der Waals surface area contributed by atoms with E-state index in [1.54, 1.807) is 0 Å². The second-order valence-corrected chi connectivity index (χ2v) is 7.06. The number of para-hydroxylation sites is 1. The van der Waals surface area contributed by atoms with Gasteiger partial charge in [-0.2, -0.15) is 0 Å². The number of esters is 1. The molecule has 26 heavy (non-hydrogen) atoms. The van der Waals surface area contributed by atoms with Crippen LogP contribution in [0, 0.1) is 11.8 Å². The lowest BCUT2D eigenvalue weighted by molar-refractivity contribution is -0.162. The standard InChI is InChI=1S/C22H28O4/c1-16(2)14-24-21(17(3)4)22(23)25-15-18-9-8-12-20(13-18)26-19-10-6-5-7-11-19/h5-13,16-17,21H,14-15H2,1-4H3. The summed E-state index contributed by atoms with van der Waals surface area (Å²) in [5, 5.41) is 0. The molecule has 0 amide bonds. The minimum atomic E-state index is -0.541. The summed E-state index contributed by atoms with van der Waals surface area (Å²) in [6.45, 7) is 8.76. The molecule has 4 heteroatoms. The quantitative estimate of drug-likeness (QED) is 0.578. The fourth-order valence-electron chi connectivity index (χ4n) is 2.39. The molecule has 2 aromatic carbocycles. The first-order valence-electron chi connectivity index (χ1n) is 9.05. The molecule has 140 valence electrons. The summed E-state index contributed by atoms with van der Waals surface area (Å²) in [6.07, 6.45) is -0.541. The first kappa shape index (κ1) is 20.0. The number of rotatable bonds is 9. The maximum absolute atomic E-state index is 12.4. The average Bonchev–Trinajstić information content (AvgIpc) is 2.61. The Morgan fingerprint density at radius 3 is 2.27 bits per heavy atom. The van der Waals surface area contributed by atoms with Gasteiger partial charge in [0.15, 0.2) is 6.10 Å². The van der Waals surface area contributed by atoms with E-state index in [9.17, 15) is 4.79 Å². The zero-order valence-electron chi connectivity index (χ0n) is 16.0. The van der Waals surface area contributed by atoms with Crippen molar-refractivity contribution in [2.75, 3.05) is 6.61 Å². The molecule has 1 unspecified atom stereocenters. The van der Waals surface area contributed by atoms with Crippen molar-refractivity contribution in [3.05, 3.63) is 60.2 Å². The van der Waals surface area contributed by atoms with Crippen LogP contribution in [0.5, 0.6) is 11.5 Å². The molecule has 0 aromatic heterocycles. The van der Waals surface area contributed by atoms with Gasteiger partial charge in [0.25, 0.3) is 0 Å². The summed E-state index contributed by atoms with van der Waals surface area (Å²) < 4.78 is 17.0. The minimum absolute atomic E-state index is 0.0639. The van der Waals surface area contributed by atoms with Crippen molar-refractivity contribution in [2.24, 2.45) is 11.8 Å². The number of hydrogen-bond donors (Lipinski definition) is 0. The van der Waals surface area contributed by atoms with Gasteiger partial charge in [0.2, 0.25) is 0 Å². The molecule has 0 saturated heterocycles. The average molecular weight is 356 g/mol. The molecule has 0 fully saturated rings. The lowest BCUT2D eigenvalue weighted by atomic mass is 10.1. The number of carbonyl (C=O) groups is 1. The van der Waals surface area contributed by atoms with Crippen LogP contribution in [0.2, 0.25) is 0 Å². The van der Waals surface area contributed by atoms with Crippen molar-refractivity contribution < 1.29 is 19.0 Å². The normalized spacial score (nSPS) is 12.2. The first-order chi connectivity index (χ1) is 12.5. The van der Waals surface area contributed by atoms with Crippen LogP contribution in [0.25, 0.3) is 0 Å². The van der Waals surface area contributed by atoms with Crippen LogP contribution in [0.4, 0.5) is 0 Å². The third kappa shape index (κ3) is 6.52. The van der Waals surface area contributed by atoms with Gasteiger partial charge >= 0.3 is 5.97 Å². The second-order valence-electron chi connectivity index (χ2n) is 7.06. The summed E-state index contributed by atoms with van der Waals surface area (Å²) in [7, 11) is 0. The molecule has 0 heterocycles. The molecule has 4 nitrogen and oxygen atoms in total. The highest BCUT2D eigenvalue weighted by Crippen LogP contribution is 2.22. The molecule has 0 aliphatic carbocycles. The summed E-state index contributed by atoms with van der Waals surface area (Å²) in [5.41, 5.74) is 0.873. The van der Waals surface area contributed by atoms with Gasteiger partial charge in [-0.25, -0.2) is 4.79 Å². The van der Waals surface area contributed by atoms with E-state index in [4.69, 9.17) is 14.2 Å². The third-order valence-electron chi connectivity index (χ3n) is 3.71. The van der Waals surface area contributed by atoms with Crippen molar-refractivity contribution in [1.82, 2.24) is 0 Å². The maximum atomic E-state index is 12.4. The topological polar surface area (TPSA) is 44.8 Å². The Morgan fingerprint density at radius 1 is 0.923 bits per heavy atom. The zero-order valence-corrected chi connectivity index (χ0v) is 16.0. The summed E-state index contributed by atoms with van der Waals surface area (Å²) in [6, 6.07) is 17.1. The predicted octanol–water partition coefficient (Wildman–Crippen LogP) is 5.22. The van der Waals surface area contributed by atoms with Crippen molar-refractivity contribution >= 4 is 5.97 Å². The first-order valence-corrected chi connectivity index (χ1v) is 9.05. The smallest absolute Gasteiger partial charge is 0.335 e. The van der Waals surface area contributed by atoms with Gasteiger partial charge in [0.1, 0.15) is 18.1 Å². The lowest BCUT2D eigenvalue weighted by Crippen LogP contribution is -2.32. The molecule has 0 radical (unpaired) electrons. The second kappa shape index (κ2) is 9.97. The van der Waals surface area contributed by atoms with Crippen molar-refractivity contribution in [1.29, 1.82) is 0 Å². The lowest BCUT2D eigenvalue weighted by Gasteiger charge is -2.21. The van der Waals surface area contributed by atoms with E-state index in [1.807, 2.05) is 68.4 Å². The highest BCUT2D eigenvalue weighted by molar-refractivity contribution is 5.75. The van der Waals surface area contributed by atoms with Crippen LogP contribution in [-0.2, 0) is 20.9 Å². The summed E-state index contributed by atoms with van der Waals surface area (Å²) in [5.74, 6) is 1.59. The van der Waals surface area contributed by atoms with E-state index in [-0.39, 0.29) is 18.5 Å². The largest absolute Gasteiger partial charge is 0.459 e. The van der Waals surface area contributed by atoms with E-state index < -0.39 is 6.10 Å². The molecule has 2 rings (SSSR count). The minimum Gasteiger partial charge on any atom is -0.459 e. The van der Waals surface area contributed by atoms with Gasteiger partial charge in [-0.15, -0.1) is 0 Å². The van der Waals surface area contributed by atoms with E-state index in [1.165, 1.54) is 0 Å². The van der Waals surface area contributed by atoms with E-state index in [0.717, 1.165) is 11.3 Å². The van der Waals surface area contributed by atoms with Crippen molar-refractivity contribution in [2.45, 2.75) is 40.4 Å². The molecule has 0 bridgehead atoms. The Balaban J connectivity index is 1.93. The van der Waals surface area contributed by atoms with Gasteiger partial charge < -0.3 is 14.2 Å². The maximum Gasteiger partial charge on any atom is 0.335 e. The van der Waals surface area contributed by atoms with Crippen LogP contribution in [0.15, 0.2) is 54.6 Å². The molecular formula is C22H28O4. The fraction of sp³-hybridized carbons (Fsp3) is 0.409. The Bertz CT molecular complexity index is 680. The fourth-order valence-corrected chi connectivity index (χ4v) is 2.39. The Morgan fingerprint density at radius 2 is 1.62 bits per heavy atom. The molecular weight excluding hydrogens is 328 g/mol.